The standard InChI is InChI=1S/C20H21NO2/c1-2-4-17-11-15(5-6-16(17)3-1)13-23-20-12-21-9-7-19(20)18-8-10-22-14-18/h1-6,8,10-11,14,19-21H,7,9,12-13H2/t19-,20+/m0/s1. The molecule has 1 aliphatic heterocycles. The summed E-state index contributed by atoms with van der Waals surface area (Å²) in [5, 5.41) is 5.97. The van der Waals surface area contributed by atoms with Crippen LogP contribution in [0.25, 0.3) is 10.8 Å². The van der Waals surface area contributed by atoms with E-state index in [1.807, 2.05) is 6.26 Å². The SMILES string of the molecule is c1ccc2cc(CO[C@@H]3CNCC[C@H]3c3ccoc3)ccc2c1. The topological polar surface area (TPSA) is 34.4 Å². The highest BCUT2D eigenvalue weighted by Crippen LogP contribution is 2.29. The Morgan fingerprint density at radius 3 is 2.87 bits per heavy atom. The van der Waals surface area contributed by atoms with Crippen molar-refractivity contribution in [3.63, 3.8) is 0 Å². The van der Waals surface area contributed by atoms with Gasteiger partial charge >= 0.3 is 0 Å². The fourth-order valence-electron chi connectivity index (χ4n) is 3.40. The van der Waals surface area contributed by atoms with E-state index < -0.39 is 0 Å². The monoisotopic (exact) mass is 307 g/mol. The van der Waals surface area contributed by atoms with Gasteiger partial charge in [-0.3, -0.25) is 0 Å². The normalized spacial score (nSPS) is 21.6. The fourth-order valence-corrected chi connectivity index (χ4v) is 3.40. The van der Waals surface area contributed by atoms with Gasteiger partial charge in [-0.1, -0.05) is 36.4 Å². The van der Waals surface area contributed by atoms with Crippen LogP contribution in [-0.2, 0) is 11.3 Å². The van der Waals surface area contributed by atoms with Gasteiger partial charge in [0.25, 0.3) is 0 Å². The molecule has 2 atom stereocenters. The van der Waals surface area contributed by atoms with Crippen molar-refractivity contribution in [1.29, 1.82) is 0 Å². The molecular formula is C20H21NO2. The number of nitrogens with one attached hydrogen (secondary N) is 1. The second-order valence-corrected chi connectivity index (χ2v) is 6.19. The van der Waals surface area contributed by atoms with Crippen LogP contribution in [0.1, 0.15) is 23.5 Å². The summed E-state index contributed by atoms with van der Waals surface area (Å²) in [4.78, 5) is 0. The van der Waals surface area contributed by atoms with Crippen LogP contribution in [-0.4, -0.2) is 19.2 Å². The van der Waals surface area contributed by atoms with Gasteiger partial charge in [-0.2, -0.15) is 0 Å². The first-order valence-electron chi connectivity index (χ1n) is 8.22. The van der Waals surface area contributed by atoms with E-state index >= 15 is 0 Å². The highest BCUT2D eigenvalue weighted by Gasteiger charge is 2.27. The minimum Gasteiger partial charge on any atom is -0.472 e. The molecule has 1 aliphatic rings. The van der Waals surface area contributed by atoms with Gasteiger partial charge in [0.15, 0.2) is 0 Å². The van der Waals surface area contributed by atoms with Gasteiger partial charge in [0, 0.05) is 12.5 Å². The lowest BCUT2D eigenvalue weighted by Gasteiger charge is -2.31. The Hall–Kier alpha value is -2.10. The van der Waals surface area contributed by atoms with Crippen LogP contribution in [0.5, 0.6) is 0 Å². The van der Waals surface area contributed by atoms with Crippen LogP contribution in [0.15, 0.2) is 65.5 Å². The van der Waals surface area contributed by atoms with Crippen molar-refractivity contribution < 1.29 is 9.15 Å². The smallest absolute Gasteiger partial charge is 0.0938 e. The van der Waals surface area contributed by atoms with Crippen LogP contribution in [0.3, 0.4) is 0 Å². The molecule has 0 amide bonds. The summed E-state index contributed by atoms with van der Waals surface area (Å²) in [6.45, 7) is 2.57. The van der Waals surface area contributed by atoms with Crippen molar-refractivity contribution in [1.82, 2.24) is 5.32 Å². The van der Waals surface area contributed by atoms with Gasteiger partial charge in [0.1, 0.15) is 0 Å². The zero-order valence-electron chi connectivity index (χ0n) is 13.1. The molecule has 0 radical (unpaired) electrons. The van der Waals surface area contributed by atoms with Gasteiger partial charge in [-0.25, -0.2) is 0 Å². The highest BCUT2D eigenvalue weighted by atomic mass is 16.5. The molecule has 3 aromatic rings. The molecule has 2 aromatic carbocycles. The summed E-state index contributed by atoms with van der Waals surface area (Å²) in [6, 6.07) is 17.0. The molecule has 1 saturated heterocycles. The predicted octanol–water partition coefficient (Wildman–Crippen LogP) is 4.10. The van der Waals surface area contributed by atoms with Crippen molar-refractivity contribution >= 4 is 10.8 Å². The van der Waals surface area contributed by atoms with E-state index in [-0.39, 0.29) is 6.10 Å². The first-order chi connectivity index (χ1) is 11.4. The summed E-state index contributed by atoms with van der Waals surface area (Å²) in [7, 11) is 0. The van der Waals surface area contributed by atoms with Gasteiger partial charge < -0.3 is 14.5 Å². The van der Waals surface area contributed by atoms with Gasteiger partial charge in [0.05, 0.1) is 25.2 Å². The lowest BCUT2D eigenvalue weighted by Crippen LogP contribution is -2.40. The predicted molar refractivity (Wildman–Crippen MR) is 91.5 cm³/mol. The Bertz CT molecular complexity index is 766. The van der Waals surface area contributed by atoms with Crippen LogP contribution >= 0.6 is 0 Å². The number of piperidine rings is 1. The molecule has 0 aliphatic carbocycles. The van der Waals surface area contributed by atoms with Crippen LogP contribution in [0.2, 0.25) is 0 Å². The molecular weight excluding hydrogens is 286 g/mol. The van der Waals surface area contributed by atoms with Crippen LogP contribution < -0.4 is 5.32 Å². The van der Waals surface area contributed by atoms with Crippen molar-refractivity contribution in [3.05, 3.63) is 72.2 Å². The van der Waals surface area contributed by atoms with E-state index in [1.54, 1.807) is 6.26 Å². The molecule has 0 saturated carbocycles. The second kappa shape index (κ2) is 6.57. The molecule has 0 spiro atoms. The largest absolute Gasteiger partial charge is 0.472 e. The molecule has 23 heavy (non-hydrogen) atoms. The lowest BCUT2D eigenvalue weighted by atomic mass is 9.89. The molecule has 3 nitrogen and oxygen atoms in total. The van der Waals surface area contributed by atoms with Crippen molar-refractivity contribution in [2.24, 2.45) is 0 Å². The molecule has 0 unspecified atom stereocenters. The molecule has 118 valence electrons. The van der Waals surface area contributed by atoms with Crippen molar-refractivity contribution in [2.75, 3.05) is 13.1 Å². The van der Waals surface area contributed by atoms with E-state index in [4.69, 9.17) is 9.15 Å². The summed E-state index contributed by atoms with van der Waals surface area (Å²) < 4.78 is 11.5. The van der Waals surface area contributed by atoms with E-state index in [2.05, 4.69) is 53.8 Å². The van der Waals surface area contributed by atoms with E-state index in [0.717, 1.165) is 19.5 Å². The number of rotatable bonds is 4. The minimum absolute atomic E-state index is 0.188. The van der Waals surface area contributed by atoms with Gasteiger partial charge in [0.2, 0.25) is 0 Å². The Balaban J connectivity index is 1.47. The van der Waals surface area contributed by atoms with Crippen LogP contribution in [0.4, 0.5) is 0 Å². The minimum atomic E-state index is 0.188. The van der Waals surface area contributed by atoms with E-state index in [0.29, 0.717) is 12.5 Å². The third kappa shape index (κ3) is 3.16. The fraction of sp³-hybridized carbons (Fsp3) is 0.300. The second-order valence-electron chi connectivity index (χ2n) is 6.19. The molecule has 3 heteroatoms. The maximum atomic E-state index is 6.25. The number of benzene rings is 2. The van der Waals surface area contributed by atoms with Crippen molar-refractivity contribution in [2.45, 2.75) is 25.0 Å². The number of furan rings is 1. The molecule has 2 heterocycles. The maximum absolute atomic E-state index is 6.25. The average molecular weight is 307 g/mol. The van der Waals surface area contributed by atoms with Gasteiger partial charge in [-0.15, -0.1) is 0 Å². The quantitative estimate of drug-likeness (QED) is 0.788. The third-order valence-corrected chi connectivity index (χ3v) is 4.68. The number of fused-ring (bicyclic) bond motifs is 1. The first-order valence-corrected chi connectivity index (χ1v) is 8.22. The Labute approximate surface area is 136 Å². The average Bonchev–Trinajstić information content (AvgIpc) is 3.14. The number of hydrogen-bond acceptors (Lipinski definition) is 3. The summed E-state index contributed by atoms with van der Waals surface area (Å²) in [5.41, 5.74) is 2.47. The molecule has 1 fully saturated rings. The zero-order chi connectivity index (χ0) is 15.5. The molecule has 4 rings (SSSR count). The Morgan fingerprint density at radius 2 is 2.00 bits per heavy atom. The van der Waals surface area contributed by atoms with Gasteiger partial charge in [-0.05, 0) is 47.0 Å². The van der Waals surface area contributed by atoms with Crippen molar-refractivity contribution in [3.8, 4) is 0 Å². The number of hydrogen-bond donors (Lipinski definition) is 1. The van der Waals surface area contributed by atoms with Crippen LogP contribution in [0, 0.1) is 0 Å². The molecule has 0 bridgehead atoms. The maximum Gasteiger partial charge on any atom is 0.0938 e. The summed E-state index contributed by atoms with van der Waals surface area (Å²) in [5.74, 6) is 0.412. The Morgan fingerprint density at radius 1 is 1.09 bits per heavy atom. The molecule has 1 aromatic heterocycles. The molecule has 1 N–H and O–H groups in total. The zero-order valence-corrected chi connectivity index (χ0v) is 13.1. The summed E-state index contributed by atoms with van der Waals surface area (Å²) >= 11 is 0. The highest BCUT2D eigenvalue weighted by molar-refractivity contribution is 5.82. The Kier molecular flexibility index (Phi) is 4.14. The third-order valence-electron chi connectivity index (χ3n) is 4.68. The number of ether oxygens (including phenoxy) is 1. The summed E-state index contributed by atoms with van der Waals surface area (Å²) in [6.07, 6.45) is 4.87. The first kappa shape index (κ1) is 14.5. The van der Waals surface area contributed by atoms with E-state index in [9.17, 15) is 0 Å². The van der Waals surface area contributed by atoms with E-state index in [1.165, 1.54) is 21.9 Å². The lowest BCUT2D eigenvalue weighted by molar-refractivity contribution is 0.0105.